The highest BCUT2D eigenvalue weighted by Crippen LogP contribution is 2.29. The first-order valence-electron chi connectivity index (χ1n) is 8.92. The van der Waals surface area contributed by atoms with E-state index in [2.05, 4.69) is 10.3 Å². The number of nitrogens with one attached hydrogen (secondary N) is 1. The van der Waals surface area contributed by atoms with E-state index in [-0.39, 0.29) is 23.5 Å². The van der Waals surface area contributed by atoms with Crippen molar-refractivity contribution in [2.75, 3.05) is 18.4 Å². The summed E-state index contributed by atoms with van der Waals surface area (Å²) in [7, 11) is 0. The first kappa shape index (κ1) is 16.7. The smallest absolute Gasteiger partial charge is 0.253 e. The number of hydrogen-bond acceptors (Lipinski definition) is 3. The standard InChI is InChI=1S/C20H20FN3O2/c21-17-8-16(10-22-11-17)15-6-7-24(12-15)20(26)14-5-4-13-2-1-3-19(25)23-18(13)9-14/h4-5,8-11,15H,1-3,6-7,12H2,(H,23,25). The minimum atomic E-state index is -0.353. The fourth-order valence-corrected chi connectivity index (χ4v) is 3.75. The Labute approximate surface area is 151 Å². The zero-order valence-electron chi connectivity index (χ0n) is 14.4. The number of likely N-dealkylation sites (tertiary alicyclic amines) is 1. The molecule has 1 aromatic carbocycles. The van der Waals surface area contributed by atoms with Gasteiger partial charge in [-0.15, -0.1) is 0 Å². The molecule has 2 aromatic rings. The number of carbonyl (C=O) groups is 2. The van der Waals surface area contributed by atoms with Crippen molar-refractivity contribution in [2.45, 2.75) is 31.6 Å². The van der Waals surface area contributed by atoms with Gasteiger partial charge < -0.3 is 10.2 Å². The van der Waals surface area contributed by atoms with Crippen molar-refractivity contribution in [3.8, 4) is 0 Å². The number of carbonyl (C=O) groups excluding carboxylic acids is 2. The van der Waals surface area contributed by atoms with Gasteiger partial charge in [0.2, 0.25) is 5.91 Å². The van der Waals surface area contributed by atoms with Crippen molar-refractivity contribution in [3.63, 3.8) is 0 Å². The average molecular weight is 353 g/mol. The van der Waals surface area contributed by atoms with Crippen molar-refractivity contribution in [1.29, 1.82) is 0 Å². The third kappa shape index (κ3) is 3.31. The number of halogens is 1. The predicted molar refractivity (Wildman–Crippen MR) is 95.5 cm³/mol. The molecule has 2 aliphatic rings. The number of rotatable bonds is 2. The Morgan fingerprint density at radius 2 is 2.12 bits per heavy atom. The molecule has 2 amide bonds. The lowest BCUT2D eigenvalue weighted by molar-refractivity contribution is -0.116. The van der Waals surface area contributed by atoms with Gasteiger partial charge in [0, 0.05) is 42.9 Å². The number of aryl methyl sites for hydroxylation is 1. The van der Waals surface area contributed by atoms with Crippen LogP contribution in [0.2, 0.25) is 0 Å². The Bertz CT molecular complexity index is 868. The summed E-state index contributed by atoms with van der Waals surface area (Å²) >= 11 is 0. The number of fused-ring (bicyclic) bond motifs is 1. The maximum Gasteiger partial charge on any atom is 0.253 e. The lowest BCUT2D eigenvalue weighted by atomic mass is 10.0. The zero-order chi connectivity index (χ0) is 18.1. The van der Waals surface area contributed by atoms with Gasteiger partial charge >= 0.3 is 0 Å². The van der Waals surface area contributed by atoms with Crippen LogP contribution in [0.4, 0.5) is 10.1 Å². The van der Waals surface area contributed by atoms with Crippen LogP contribution in [0.5, 0.6) is 0 Å². The van der Waals surface area contributed by atoms with Crippen molar-refractivity contribution in [3.05, 3.63) is 59.2 Å². The number of amides is 2. The molecule has 1 unspecified atom stereocenters. The van der Waals surface area contributed by atoms with E-state index in [1.807, 2.05) is 12.1 Å². The summed E-state index contributed by atoms with van der Waals surface area (Å²) in [6, 6.07) is 7.02. The van der Waals surface area contributed by atoms with Gasteiger partial charge in [0.1, 0.15) is 5.82 Å². The lowest BCUT2D eigenvalue weighted by Gasteiger charge is -2.18. The number of benzene rings is 1. The maximum absolute atomic E-state index is 13.4. The predicted octanol–water partition coefficient (Wildman–Crippen LogP) is 3.13. The summed E-state index contributed by atoms with van der Waals surface area (Å²) < 4.78 is 13.4. The third-order valence-electron chi connectivity index (χ3n) is 5.15. The maximum atomic E-state index is 13.4. The zero-order valence-corrected chi connectivity index (χ0v) is 14.4. The normalized spacial score (nSPS) is 19.7. The molecule has 2 aliphatic heterocycles. The van der Waals surface area contributed by atoms with E-state index >= 15 is 0 Å². The minimum Gasteiger partial charge on any atom is -0.338 e. The van der Waals surface area contributed by atoms with Gasteiger partial charge in [-0.2, -0.15) is 0 Å². The average Bonchev–Trinajstić information content (AvgIpc) is 3.04. The Morgan fingerprint density at radius 3 is 2.96 bits per heavy atom. The largest absolute Gasteiger partial charge is 0.338 e. The number of pyridine rings is 1. The number of aromatic nitrogens is 1. The molecule has 0 saturated carbocycles. The minimum absolute atomic E-state index is 0.00631. The van der Waals surface area contributed by atoms with Gasteiger partial charge in [-0.3, -0.25) is 14.6 Å². The van der Waals surface area contributed by atoms with Gasteiger partial charge in [-0.1, -0.05) is 6.07 Å². The summed E-state index contributed by atoms with van der Waals surface area (Å²) in [6.45, 7) is 1.18. The van der Waals surface area contributed by atoms with Gasteiger partial charge in [0.15, 0.2) is 0 Å². The van der Waals surface area contributed by atoms with Crippen LogP contribution in [-0.4, -0.2) is 34.8 Å². The fourth-order valence-electron chi connectivity index (χ4n) is 3.75. The molecule has 26 heavy (non-hydrogen) atoms. The van der Waals surface area contributed by atoms with Crippen LogP contribution >= 0.6 is 0 Å². The Hall–Kier alpha value is -2.76. The van der Waals surface area contributed by atoms with Gasteiger partial charge in [-0.05, 0) is 48.6 Å². The van der Waals surface area contributed by atoms with E-state index in [1.165, 1.54) is 12.3 Å². The number of nitrogens with zero attached hydrogens (tertiary/aromatic N) is 2. The summed E-state index contributed by atoms with van der Waals surface area (Å²) in [4.78, 5) is 30.3. The second-order valence-electron chi connectivity index (χ2n) is 6.95. The monoisotopic (exact) mass is 353 g/mol. The molecule has 0 bridgehead atoms. The molecular formula is C20H20FN3O2. The molecule has 1 atom stereocenters. The van der Waals surface area contributed by atoms with Crippen LogP contribution in [0.15, 0.2) is 36.7 Å². The quantitative estimate of drug-likeness (QED) is 0.902. The Balaban J connectivity index is 1.51. The van der Waals surface area contributed by atoms with E-state index in [0.717, 1.165) is 36.1 Å². The lowest BCUT2D eigenvalue weighted by Crippen LogP contribution is -2.28. The van der Waals surface area contributed by atoms with Crippen LogP contribution in [0.25, 0.3) is 0 Å². The SMILES string of the molecule is O=C1CCCc2ccc(C(=O)N3CCC(c4cncc(F)c4)C3)cc2N1. The summed E-state index contributed by atoms with van der Waals surface area (Å²) in [6.07, 6.45) is 5.81. The molecule has 1 saturated heterocycles. The molecular weight excluding hydrogens is 333 g/mol. The van der Waals surface area contributed by atoms with E-state index < -0.39 is 0 Å². The number of hydrogen-bond donors (Lipinski definition) is 1. The molecule has 1 N–H and O–H groups in total. The second kappa shape index (κ2) is 6.86. The van der Waals surface area contributed by atoms with Gasteiger partial charge in [0.25, 0.3) is 5.91 Å². The van der Waals surface area contributed by atoms with Gasteiger partial charge in [0.05, 0.1) is 6.20 Å². The first-order valence-corrected chi connectivity index (χ1v) is 8.92. The molecule has 6 heteroatoms. The molecule has 0 radical (unpaired) electrons. The van der Waals surface area contributed by atoms with Crippen LogP contribution < -0.4 is 5.32 Å². The highest BCUT2D eigenvalue weighted by molar-refractivity contribution is 5.98. The number of anilines is 1. The molecule has 134 valence electrons. The van der Waals surface area contributed by atoms with E-state index in [9.17, 15) is 14.0 Å². The van der Waals surface area contributed by atoms with Crippen molar-refractivity contribution >= 4 is 17.5 Å². The molecule has 3 heterocycles. The van der Waals surface area contributed by atoms with E-state index in [0.29, 0.717) is 25.1 Å². The molecule has 0 aliphatic carbocycles. The van der Waals surface area contributed by atoms with Crippen molar-refractivity contribution in [1.82, 2.24) is 9.88 Å². The second-order valence-corrected chi connectivity index (χ2v) is 6.95. The highest BCUT2D eigenvalue weighted by Gasteiger charge is 2.29. The first-order chi connectivity index (χ1) is 12.6. The topological polar surface area (TPSA) is 62.3 Å². The Morgan fingerprint density at radius 1 is 1.23 bits per heavy atom. The van der Waals surface area contributed by atoms with Crippen LogP contribution in [0.3, 0.4) is 0 Å². The summed E-state index contributed by atoms with van der Waals surface area (Å²) in [5.41, 5.74) is 3.21. The van der Waals surface area contributed by atoms with Crippen molar-refractivity contribution in [2.24, 2.45) is 0 Å². The highest BCUT2D eigenvalue weighted by atomic mass is 19.1. The van der Waals surface area contributed by atoms with Crippen LogP contribution in [0, 0.1) is 5.82 Å². The molecule has 1 fully saturated rings. The summed E-state index contributed by atoms with van der Waals surface area (Å²) in [5, 5.41) is 2.89. The van der Waals surface area contributed by atoms with E-state index in [4.69, 9.17) is 0 Å². The Kier molecular flexibility index (Phi) is 4.41. The molecule has 4 rings (SSSR count). The fraction of sp³-hybridized carbons (Fsp3) is 0.350. The van der Waals surface area contributed by atoms with Crippen LogP contribution in [0.1, 0.15) is 46.7 Å². The third-order valence-corrected chi connectivity index (χ3v) is 5.15. The molecule has 1 aromatic heterocycles. The molecule has 0 spiro atoms. The van der Waals surface area contributed by atoms with Crippen LogP contribution in [-0.2, 0) is 11.2 Å². The molecule has 5 nitrogen and oxygen atoms in total. The van der Waals surface area contributed by atoms with Gasteiger partial charge in [-0.25, -0.2) is 4.39 Å². The van der Waals surface area contributed by atoms with Crippen molar-refractivity contribution < 1.29 is 14.0 Å². The van der Waals surface area contributed by atoms with E-state index in [1.54, 1.807) is 17.2 Å². The summed E-state index contributed by atoms with van der Waals surface area (Å²) in [5.74, 6) is -0.317.